The van der Waals surface area contributed by atoms with Gasteiger partial charge in [-0.15, -0.1) is 0 Å². The van der Waals surface area contributed by atoms with E-state index >= 15 is 0 Å². The number of hydrogen-bond acceptors (Lipinski definition) is 6. The van der Waals surface area contributed by atoms with Crippen LogP contribution in [0.1, 0.15) is 26.5 Å². The van der Waals surface area contributed by atoms with Gasteiger partial charge in [-0.2, -0.15) is 0 Å². The van der Waals surface area contributed by atoms with Gasteiger partial charge in [0.25, 0.3) is 0 Å². The highest BCUT2D eigenvalue weighted by Gasteiger charge is 2.20. The second-order valence-electron chi connectivity index (χ2n) is 14.4. The van der Waals surface area contributed by atoms with E-state index in [9.17, 15) is 0 Å². The number of nitrogens with zero attached hydrogens (tertiary/aromatic N) is 6. The minimum absolute atomic E-state index is 0.120. The molecule has 0 aliphatic carbocycles. The molecule has 0 N–H and O–H groups in total. The van der Waals surface area contributed by atoms with Crippen LogP contribution in [0.15, 0.2) is 164 Å². The molecule has 4 heterocycles. The second-order valence-corrected chi connectivity index (χ2v) is 14.4. The first-order chi connectivity index (χ1) is 26.4. The third-order valence-electron chi connectivity index (χ3n) is 9.71. The van der Waals surface area contributed by atoms with Crippen LogP contribution in [-0.2, 0) is 5.41 Å². The Labute approximate surface area is 314 Å². The summed E-state index contributed by atoms with van der Waals surface area (Å²) in [6, 6.07) is 54.0. The van der Waals surface area contributed by atoms with Gasteiger partial charge in [0, 0.05) is 44.8 Å². The molecular weight excluding hydrogens is 661 g/mol. The number of pyridine rings is 3. The summed E-state index contributed by atoms with van der Waals surface area (Å²) in [5.74, 6) is 1.75. The first-order valence-corrected chi connectivity index (χ1v) is 18.1. The van der Waals surface area contributed by atoms with E-state index in [2.05, 4.69) is 135 Å². The summed E-state index contributed by atoms with van der Waals surface area (Å²) in [4.78, 5) is 29.4. The number of hydrogen-bond donors (Lipinski definition) is 0. The van der Waals surface area contributed by atoms with Gasteiger partial charge < -0.3 is 0 Å². The van der Waals surface area contributed by atoms with E-state index in [1.54, 1.807) is 6.20 Å². The zero-order chi connectivity index (χ0) is 36.6. The Bertz CT molecular complexity index is 2700. The smallest absolute Gasteiger partial charge is 0.182 e. The Balaban J connectivity index is 1.05. The van der Waals surface area contributed by atoms with Crippen LogP contribution in [-0.4, -0.2) is 29.9 Å². The van der Waals surface area contributed by atoms with Gasteiger partial charge >= 0.3 is 0 Å². The quantitative estimate of drug-likeness (QED) is 0.161. The van der Waals surface area contributed by atoms with Crippen LogP contribution in [0.5, 0.6) is 0 Å². The van der Waals surface area contributed by atoms with Crippen molar-refractivity contribution in [3.05, 3.63) is 170 Å². The SMILES string of the molecule is CC(C)(C)c1cc(-c2ccccc2)c2ccc3ccc(-c4ccc(-c5ccc(-c6nc(-c7ccccc7)nc(-c7ccccn7)n6)cc5)cc4)nc3c2n1. The average molecular weight is 697 g/mol. The molecule has 0 saturated heterocycles. The lowest BCUT2D eigenvalue weighted by atomic mass is 9.88. The standard InChI is InChI=1S/C48H36N6/c1-48(2,3)42-30-39(33-12-6-4-7-13-33)38-27-25-35-26-28-40(50-43(35)44(38)51-42)34-21-17-31(18-22-34)32-19-23-37(24-20-32)46-52-45(36-14-8-5-9-15-36)53-47(54-46)41-16-10-11-29-49-41/h4-30H,1-3H3. The Morgan fingerprint density at radius 2 is 0.944 bits per heavy atom. The normalized spacial score (nSPS) is 11.6. The molecule has 0 radical (unpaired) electrons. The topological polar surface area (TPSA) is 77.3 Å². The monoisotopic (exact) mass is 696 g/mol. The molecular formula is C48H36N6. The van der Waals surface area contributed by atoms with Crippen LogP contribution in [0.4, 0.5) is 0 Å². The lowest BCUT2D eigenvalue weighted by Gasteiger charge is -2.21. The summed E-state index contributed by atoms with van der Waals surface area (Å²) >= 11 is 0. The fourth-order valence-electron chi connectivity index (χ4n) is 6.75. The van der Waals surface area contributed by atoms with Gasteiger partial charge in [-0.1, -0.05) is 154 Å². The van der Waals surface area contributed by atoms with Gasteiger partial charge in [-0.25, -0.2) is 24.9 Å². The molecule has 0 spiro atoms. The highest BCUT2D eigenvalue weighted by Crippen LogP contribution is 2.36. The third-order valence-corrected chi connectivity index (χ3v) is 9.71. The molecule has 6 nitrogen and oxygen atoms in total. The predicted octanol–water partition coefficient (Wildman–Crippen LogP) is 11.7. The fraction of sp³-hybridized carbons (Fsp3) is 0.0833. The van der Waals surface area contributed by atoms with Crippen LogP contribution >= 0.6 is 0 Å². The molecule has 0 atom stereocenters. The minimum Gasteiger partial charge on any atom is -0.253 e. The number of rotatable bonds is 6. The van der Waals surface area contributed by atoms with Crippen molar-refractivity contribution in [3.63, 3.8) is 0 Å². The van der Waals surface area contributed by atoms with E-state index in [4.69, 9.17) is 24.9 Å². The van der Waals surface area contributed by atoms with E-state index in [-0.39, 0.29) is 5.41 Å². The molecule has 9 aromatic rings. The lowest BCUT2D eigenvalue weighted by molar-refractivity contribution is 0.572. The molecule has 4 aromatic heterocycles. The molecule has 0 unspecified atom stereocenters. The maximum atomic E-state index is 5.25. The van der Waals surface area contributed by atoms with Gasteiger partial charge in [0.2, 0.25) is 0 Å². The Hall–Kier alpha value is -6.92. The van der Waals surface area contributed by atoms with Gasteiger partial charge in [-0.3, -0.25) is 4.98 Å². The molecule has 0 fully saturated rings. The highest BCUT2D eigenvalue weighted by atomic mass is 15.0. The van der Waals surface area contributed by atoms with Crippen LogP contribution in [0.3, 0.4) is 0 Å². The zero-order valence-corrected chi connectivity index (χ0v) is 30.3. The zero-order valence-electron chi connectivity index (χ0n) is 30.3. The van der Waals surface area contributed by atoms with Crippen molar-refractivity contribution in [1.29, 1.82) is 0 Å². The first kappa shape index (κ1) is 33.0. The van der Waals surface area contributed by atoms with Gasteiger partial charge in [-0.05, 0) is 46.5 Å². The summed E-state index contributed by atoms with van der Waals surface area (Å²) in [6.07, 6.45) is 1.75. The molecule has 0 saturated carbocycles. The van der Waals surface area contributed by atoms with E-state index in [1.165, 1.54) is 11.1 Å². The minimum atomic E-state index is -0.120. The van der Waals surface area contributed by atoms with Crippen LogP contribution < -0.4 is 0 Å². The second kappa shape index (κ2) is 13.6. The van der Waals surface area contributed by atoms with Crippen LogP contribution in [0.25, 0.3) is 89.6 Å². The van der Waals surface area contributed by atoms with Crippen molar-refractivity contribution in [3.8, 4) is 67.8 Å². The summed E-state index contributed by atoms with van der Waals surface area (Å²) in [5, 5.41) is 2.17. The molecule has 54 heavy (non-hydrogen) atoms. The summed E-state index contributed by atoms with van der Waals surface area (Å²) in [5.41, 5.74) is 11.8. The number of fused-ring (bicyclic) bond motifs is 3. The van der Waals surface area contributed by atoms with Crippen molar-refractivity contribution in [1.82, 2.24) is 29.9 Å². The van der Waals surface area contributed by atoms with Gasteiger partial charge in [0.05, 0.1) is 16.7 Å². The van der Waals surface area contributed by atoms with E-state index in [0.29, 0.717) is 23.2 Å². The Kier molecular flexibility index (Phi) is 8.28. The van der Waals surface area contributed by atoms with E-state index in [1.807, 2.05) is 48.5 Å². The molecule has 6 heteroatoms. The largest absolute Gasteiger partial charge is 0.253 e. The van der Waals surface area contributed by atoms with E-state index < -0.39 is 0 Å². The van der Waals surface area contributed by atoms with Gasteiger partial charge in [0.1, 0.15) is 5.69 Å². The Morgan fingerprint density at radius 3 is 1.57 bits per heavy atom. The van der Waals surface area contributed by atoms with Crippen molar-refractivity contribution >= 4 is 21.8 Å². The average Bonchev–Trinajstić information content (AvgIpc) is 3.23. The summed E-state index contributed by atoms with van der Waals surface area (Å²) < 4.78 is 0. The van der Waals surface area contributed by atoms with Crippen molar-refractivity contribution < 1.29 is 0 Å². The van der Waals surface area contributed by atoms with Crippen LogP contribution in [0.2, 0.25) is 0 Å². The van der Waals surface area contributed by atoms with Crippen molar-refractivity contribution in [2.45, 2.75) is 26.2 Å². The highest BCUT2D eigenvalue weighted by molar-refractivity contribution is 6.08. The van der Waals surface area contributed by atoms with Gasteiger partial charge in [0.15, 0.2) is 17.5 Å². The number of benzene rings is 5. The third kappa shape index (κ3) is 6.39. The van der Waals surface area contributed by atoms with Crippen LogP contribution in [0, 0.1) is 0 Å². The molecule has 5 aromatic carbocycles. The summed E-state index contributed by atoms with van der Waals surface area (Å²) in [7, 11) is 0. The first-order valence-electron chi connectivity index (χ1n) is 18.1. The van der Waals surface area contributed by atoms with Crippen molar-refractivity contribution in [2.24, 2.45) is 0 Å². The van der Waals surface area contributed by atoms with E-state index in [0.717, 1.165) is 61.0 Å². The molecule has 9 rings (SSSR count). The molecule has 0 bridgehead atoms. The lowest BCUT2D eigenvalue weighted by Crippen LogP contribution is -2.14. The molecule has 0 aliphatic heterocycles. The maximum absolute atomic E-state index is 5.25. The molecule has 258 valence electrons. The maximum Gasteiger partial charge on any atom is 0.182 e. The predicted molar refractivity (Wildman–Crippen MR) is 220 cm³/mol. The Morgan fingerprint density at radius 1 is 0.389 bits per heavy atom. The molecule has 0 aliphatic rings. The molecule has 0 amide bonds. The fourth-order valence-corrected chi connectivity index (χ4v) is 6.75. The summed E-state index contributed by atoms with van der Waals surface area (Å²) in [6.45, 7) is 6.63. The van der Waals surface area contributed by atoms with Crippen molar-refractivity contribution in [2.75, 3.05) is 0 Å². The number of aromatic nitrogens is 6.